The lowest BCUT2D eigenvalue weighted by Gasteiger charge is -2.30. The molecule has 0 heterocycles. The summed E-state index contributed by atoms with van der Waals surface area (Å²) in [5, 5.41) is 0. The van der Waals surface area contributed by atoms with Crippen molar-refractivity contribution >= 4 is 0 Å². The Morgan fingerprint density at radius 2 is 1.79 bits per heavy atom. The van der Waals surface area contributed by atoms with Crippen molar-refractivity contribution in [1.82, 2.24) is 0 Å². The summed E-state index contributed by atoms with van der Waals surface area (Å²) < 4.78 is 61.1. The van der Waals surface area contributed by atoms with E-state index >= 15 is 0 Å². The summed E-state index contributed by atoms with van der Waals surface area (Å²) >= 11 is 0. The smallest absolute Gasteiger partial charge is 0.331 e. The molecular formula is C7H12F4O3. The predicted molar refractivity (Wildman–Crippen MR) is 39.1 cm³/mol. The molecule has 0 bridgehead atoms. The average molecular weight is 220 g/mol. The first-order chi connectivity index (χ1) is 6.27. The molecule has 0 amide bonds. The molecule has 86 valence electrons. The molecule has 0 aromatic rings. The van der Waals surface area contributed by atoms with Crippen molar-refractivity contribution in [2.24, 2.45) is 0 Å². The molecule has 0 fully saturated rings. The molecule has 0 aromatic carbocycles. The largest absolute Gasteiger partial charge is 0.420 e. The van der Waals surface area contributed by atoms with Crippen LogP contribution in [-0.2, 0) is 14.2 Å². The van der Waals surface area contributed by atoms with Crippen LogP contribution in [0.5, 0.6) is 0 Å². The molecule has 0 rings (SSSR count). The predicted octanol–water partition coefficient (Wildman–Crippen LogP) is 2.22. The van der Waals surface area contributed by atoms with Gasteiger partial charge in [0.2, 0.25) is 0 Å². The quantitative estimate of drug-likeness (QED) is 0.507. The number of hydrogen-bond donors (Lipinski definition) is 0. The molecule has 0 aromatic heterocycles. The fourth-order valence-corrected chi connectivity index (χ4v) is 0.684. The summed E-state index contributed by atoms with van der Waals surface area (Å²) in [5.74, 6) is -2.17. The van der Waals surface area contributed by atoms with E-state index < -0.39 is 18.5 Å². The van der Waals surface area contributed by atoms with Gasteiger partial charge in [-0.05, 0) is 6.92 Å². The average Bonchev–Trinajstić information content (AvgIpc) is 2.03. The van der Waals surface area contributed by atoms with Crippen LogP contribution in [0.3, 0.4) is 0 Å². The first kappa shape index (κ1) is 13.6. The normalized spacial score (nSPS) is 17.1. The molecule has 0 aliphatic carbocycles. The second-order valence-electron chi connectivity index (χ2n) is 2.46. The third-order valence-corrected chi connectivity index (χ3v) is 1.35. The second kappa shape index (κ2) is 4.90. The van der Waals surface area contributed by atoms with Gasteiger partial charge in [-0.25, -0.2) is 8.78 Å². The molecule has 0 aliphatic heterocycles. The van der Waals surface area contributed by atoms with Crippen molar-refractivity contribution in [2.75, 3.05) is 13.7 Å². The van der Waals surface area contributed by atoms with E-state index in [0.29, 0.717) is 0 Å². The zero-order valence-electron chi connectivity index (χ0n) is 8.02. The molecule has 7 heteroatoms. The number of methoxy groups -OCH3 is 1. The zero-order valence-corrected chi connectivity index (χ0v) is 8.02. The highest BCUT2D eigenvalue weighted by Crippen LogP contribution is 2.30. The van der Waals surface area contributed by atoms with Crippen molar-refractivity contribution in [3.8, 4) is 0 Å². The van der Waals surface area contributed by atoms with Crippen LogP contribution in [0, 0.1) is 0 Å². The summed E-state index contributed by atoms with van der Waals surface area (Å²) in [6, 6.07) is 0. The van der Waals surface area contributed by atoms with Gasteiger partial charge in [-0.1, -0.05) is 0 Å². The van der Waals surface area contributed by atoms with E-state index in [0.717, 1.165) is 14.0 Å². The lowest BCUT2D eigenvalue weighted by molar-refractivity contribution is -0.458. The van der Waals surface area contributed by atoms with Gasteiger partial charge in [0.25, 0.3) is 5.97 Å². The second-order valence-corrected chi connectivity index (χ2v) is 2.46. The first-order valence-electron chi connectivity index (χ1n) is 3.82. The topological polar surface area (TPSA) is 27.7 Å². The van der Waals surface area contributed by atoms with E-state index in [4.69, 9.17) is 0 Å². The van der Waals surface area contributed by atoms with Gasteiger partial charge in [-0.3, -0.25) is 4.74 Å². The van der Waals surface area contributed by atoms with Crippen LogP contribution >= 0.6 is 0 Å². The lowest BCUT2D eigenvalue weighted by Crippen LogP contribution is -2.44. The van der Waals surface area contributed by atoms with Crippen LogP contribution in [0.2, 0.25) is 0 Å². The summed E-state index contributed by atoms with van der Waals surface area (Å²) in [7, 11) is 1.01. The molecule has 0 aliphatic rings. The minimum Gasteiger partial charge on any atom is -0.331 e. The fourth-order valence-electron chi connectivity index (χ4n) is 0.684. The van der Waals surface area contributed by atoms with E-state index in [1.165, 1.54) is 6.92 Å². The Hall–Kier alpha value is -0.400. The van der Waals surface area contributed by atoms with Gasteiger partial charge in [-0.15, -0.1) is 0 Å². The van der Waals surface area contributed by atoms with E-state index in [1.54, 1.807) is 0 Å². The van der Waals surface area contributed by atoms with Crippen molar-refractivity contribution < 1.29 is 31.8 Å². The summed E-state index contributed by atoms with van der Waals surface area (Å²) in [6.07, 6.45) is -8.53. The Morgan fingerprint density at radius 1 is 1.29 bits per heavy atom. The molecule has 3 nitrogen and oxygen atoms in total. The molecular weight excluding hydrogens is 208 g/mol. The van der Waals surface area contributed by atoms with Gasteiger partial charge in [0, 0.05) is 20.6 Å². The van der Waals surface area contributed by atoms with E-state index in [-0.39, 0.29) is 6.61 Å². The minimum atomic E-state index is -4.60. The number of hydrogen-bond acceptors (Lipinski definition) is 3. The Balaban J connectivity index is 4.44. The molecule has 14 heavy (non-hydrogen) atoms. The lowest BCUT2D eigenvalue weighted by atomic mass is 10.5. The maximum absolute atomic E-state index is 12.4. The molecule has 1 unspecified atom stereocenters. The van der Waals surface area contributed by atoms with Crippen molar-refractivity contribution in [1.29, 1.82) is 0 Å². The third kappa shape index (κ3) is 3.77. The molecule has 0 N–H and O–H groups in total. The van der Waals surface area contributed by atoms with Gasteiger partial charge >= 0.3 is 12.5 Å². The van der Waals surface area contributed by atoms with Gasteiger partial charge in [0.15, 0.2) is 0 Å². The molecule has 0 spiro atoms. The van der Waals surface area contributed by atoms with Crippen LogP contribution in [0.25, 0.3) is 0 Å². The Labute approximate surface area is 78.9 Å². The van der Waals surface area contributed by atoms with Gasteiger partial charge in [-0.2, -0.15) is 8.78 Å². The standard InChI is InChI=1S/C7H12F4O3/c1-4-13-6(2,12-3)14-7(10,11)5(8)9/h5H,4H2,1-3H3. The summed E-state index contributed by atoms with van der Waals surface area (Å²) in [6.45, 7) is 2.46. The van der Waals surface area contributed by atoms with E-state index in [2.05, 4.69) is 14.2 Å². The van der Waals surface area contributed by atoms with Crippen LogP contribution < -0.4 is 0 Å². The molecule has 0 saturated carbocycles. The third-order valence-electron chi connectivity index (χ3n) is 1.35. The van der Waals surface area contributed by atoms with E-state index in [1.807, 2.05) is 0 Å². The SMILES string of the molecule is CCOC(C)(OC)OC(F)(F)C(F)F. The van der Waals surface area contributed by atoms with Gasteiger partial charge < -0.3 is 9.47 Å². The zero-order chi connectivity index (χ0) is 11.4. The van der Waals surface area contributed by atoms with Gasteiger partial charge in [0.05, 0.1) is 0 Å². The summed E-state index contributed by atoms with van der Waals surface area (Å²) in [5.41, 5.74) is 0. The fraction of sp³-hybridized carbons (Fsp3) is 1.00. The number of halogens is 4. The Kier molecular flexibility index (Phi) is 4.76. The maximum atomic E-state index is 12.4. The number of ether oxygens (including phenoxy) is 3. The molecule has 1 atom stereocenters. The Bertz CT molecular complexity index is 176. The van der Waals surface area contributed by atoms with Crippen molar-refractivity contribution in [3.63, 3.8) is 0 Å². The van der Waals surface area contributed by atoms with E-state index in [9.17, 15) is 17.6 Å². The summed E-state index contributed by atoms with van der Waals surface area (Å²) in [4.78, 5) is 0. The highest BCUT2D eigenvalue weighted by atomic mass is 19.3. The molecule has 0 saturated heterocycles. The number of alkyl halides is 4. The number of rotatable bonds is 6. The van der Waals surface area contributed by atoms with Gasteiger partial charge in [0.1, 0.15) is 0 Å². The maximum Gasteiger partial charge on any atom is 0.420 e. The van der Waals surface area contributed by atoms with Crippen molar-refractivity contribution in [3.05, 3.63) is 0 Å². The first-order valence-corrected chi connectivity index (χ1v) is 3.82. The molecule has 0 radical (unpaired) electrons. The highest BCUT2D eigenvalue weighted by molar-refractivity contribution is 4.59. The van der Waals surface area contributed by atoms with Crippen LogP contribution in [-0.4, -0.2) is 32.2 Å². The highest BCUT2D eigenvalue weighted by Gasteiger charge is 2.49. The minimum absolute atomic E-state index is 0.0103. The van der Waals surface area contributed by atoms with Crippen LogP contribution in [0.4, 0.5) is 17.6 Å². The monoisotopic (exact) mass is 220 g/mol. The van der Waals surface area contributed by atoms with Crippen LogP contribution in [0.15, 0.2) is 0 Å². The van der Waals surface area contributed by atoms with Crippen molar-refractivity contribution in [2.45, 2.75) is 32.4 Å². The Morgan fingerprint density at radius 3 is 2.07 bits per heavy atom. The van der Waals surface area contributed by atoms with Crippen LogP contribution in [0.1, 0.15) is 13.8 Å².